The molecule has 0 aromatic carbocycles. The highest BCUT2D eigenvalue weighted by Gasteiger charge is 2.28. The van der Waals surface area contributed by atoms with Gasteiger partial charge in [0.05, 0.1) is 17.3 Å². The molecular weight excluding hydrogens is 394 g/mol. The van der Waals surface area contributed by atoms with E-state index in [4.69, 9.17) is 0 Å². The van der Waals surface area contributed by atoms with Crippen molar-refractivity contribution in [1.29, 1.82) is 0 Å². The Morgan fingerprint density at radius 2 is 2.00 bits per heavy atom. The maximum Gasteiger partial charge on any atom is 0.222 e. The molecule has 4 heterocycles. The number of aromatic nitrogens is 3. The van der Waals surface area contributed by atoms with Crippen LogP contribution in [0.1, 0.15) is 66.2 Å². The highest BCUT2D eigenvalue weighted by atomic mass is 16.2. The summed E-state index contributed by atoms with van der Waals surface area (Å²) in [4.78, 5) is 44.0. The average Bonchev–Trinajstić information content (AvgIpc) is 3.41. The number of carbonyl (C=O) groups excluding carboxylic acids is 3. The van der Waals surface area contributed by atoms with E-state index in [0.29, 0.717) is 68.6 Å². The Kier molecular flexibility index (Phi) is 6.15. The topological polar surface area (TPSA) is 89.6 Å². The molecule has 0 atom stereocenters. The third kappa shape index (κ3) is 4.52. The van der Waals surface area contributed by atoms with Gasteiger partial charge in [-0.1, -0.05) is 0 Å². The van der Waals surface area contributed by atoms with Gasteiger partial charge in [0, 0.05) is 63.5 Å². The summed E-state index contributed by atoms with van der Waals surface area (Å²) in [6, 6.07) is 1.81. The van der Waals surface area contributed by atoms with Crippen molar-refractivity contribution < 1.29 is 14.4 Å². The zero-order valence-corrected chi connectivity index (χ0v) is 18.2. The van der Waals surface area contributed by atoms with Crippen LogP contribution in [0.4, 0.5) is 5.82 Å². The fourth-order valence-corrected chi connectivity index (χ4v) is 4.38. The molecule has 2 aliphatic rings. The predicted octanol–water partition coefficient (Wildman–Crippen LogP) is 3.19. The van der Waals surface area contributed by atoms with Crippen molar-refractivity contribution in [3.8, 4) is 0 Å². The molecule has 4 rings (SSSR count). The lowest BCUT2D eigenvalue weighted by Gasteiger charge is -2.31. The van der Waals surface area contributed by atoms with Gasteiger partial charge in [0.1, 0.15) is 5.82 Å². The molecule has 2 aromatic heterocycles. The van der Waals surface area contributed by atoms with Gasteiger partial charge in [-0.2, -0.15) is 5.10 Å². The molecule has 0 spiro atoms. The van der Waals surface area contributed by atoms with Gasteiger partial charge in [0.15, 0.2) is 11.6 Å². The summed E-state index contributed by atoms with van der Waals surface area (Å²) in [7, 11) is 1.88. The van der Waals surface area contributed by atoms with Crippen LogP contribution in [-0.2, 0) is 18.4 Å². The van der Waals surface area contributed by atoms with Crippen LogP contribution in [0.5, 0.6) is 0 Å². The van der Waals surface area contributed by atoms with Crippen molar-refractivity contribution in [2.75, 3.05) is 13.1 Å². The van der Waals surface area contributed by atoms with Crippen LogP contribution in [-0.4, -0.2) is 55.5 Å². The zero-order chi connectivity index (χ0) is 22.0. The molecule has 2 aromatic rings. The number of rotatable bonds is 7. The molecule has 1 saturated heterocycles. The van der Waals surface area contributed by atoms with Gasteiger partial charge in [-0.15, -0.1) is 0 Å². The maximum atomic E-state index is 12.7. The summed E-state index contributed by atoms with van der Waals surface area (Å²) in [5.74, 6) is 1.02. The summed E-state index contributed by atoms with van der Waals surface area (Å²) in [6.45, 7) is 3.96. The Morgan fingerprint density at radius 3 is 2.71 bits per heavy atom. The fourth-order valence-electron chi connectivity index (χ4n) is 4.38. The highest BCUT2D eigenvalue weighted by Crippen LogP contribution is 2.28. The molecule has 1 amide bonds. The van der Waals surface area contributed by atoms with Crippen molar-refractivity contribution in [2.24, 2.45) is 18.0 Å². The van der Waals surface area contributed by atoms with Gasteiger partial charge < -0.3 is 9.47 Å². The molecule has 164 valence electrons. The molecule has 8 heteroatoms. The van der Waals surface area contributed by atoms with Crippen molar-refractivity contribution in [1.82, 2.24) is 19.2 Å². The van der Waals surface area contributed by atoms with E-state index < -0.39 is 0 Å². The van der Waals surface area contributed by atoms with Crippen LogP contribution in [0, 0.1) is 5.92 Å². The van der Waals surface area contributed by atoms with E-state index >= 15 is 0 Å². The number of amides is 1. The molecule has 0 N–H and O–H groups in total. The van der Waals surface area contributed by atoms with Crippen LogP contribution in [0.2, 0.25) is 0 Å². The van der Waals surface area contributed by atoms with E-state index in [1.54, 1.807) is 17.1 Å². The minimum absolute atomic E-state index is 0.0411. The number of hydrogen-bond donors (Lipinski definition) is 0. The Bertz CT molecular complexity index is 1020. The summed E-state index contributed by atoms with van der Waals surface area (Å²) in [5.41, 5.74) is 2.20. The Hall–Kier alpha value is -3.03. The largest absolute Gasteiger partial charge is 0.343 e. The molecule has 0 bridgehead atoms. The number of hydrogen-bond acceptors (Lipinski definition) is 5. The van der Waals surface area contributed by atoms with Crippen LogP contribution in [0.3, 0.4) is 0 Å². The summed E-state index contributed by atoms with van der Waals surface area (Å²) in [5, 5.41) is 4.18. The smallest absolute Gasteiger partial charge is 0.222 e. The lowest BCUT2D eigenvalue weighted by Crippen LogP contribution is -2.40. The van der Waals surface area contributed by atoms with E-state index in [0.717, 1.165) is 12.3 Å². The molecule has 8 nitrogen and oxygen atoms in total. The van der Waals surface area contributed by atoms with Gasteiger partial charge in [-0.3, -0.25) is 19.1 Å². The van der Waals surface area contributed by atoms with Gasteiger partial charge in [-0.05, 0) is 38.7 Å². The number of piperidine rings is 1. The van der Waals surface area contributed by atoms with E-state index in [9.17, 15) is 14.4 Å². The normalized spacial score (nSPS) is 16.9. The number of nitrogens with zero attached hydrogens (tertiary/aromatic N) is 5. The molecular formula is C23H29N5O3. The fraction of sp³-hybridized carbons (Fsp3) is 0.522. The lowest BCUT2D eigenvalue weighted by molar-refractivity contribution is -0.132. The van der Waals surface area contributed by atoms with Crippen molar-refractivity contribution in [3.63, 3.8) is 0 Å². The van der Waals surface area contributed by atoms with Crippen molar-refractivity contribution >= 4 is 29.0 Å². The van der Waals surface area contributed by atoms with E-state index in [-0.39, 0.29) is 23.4 Å². The Morgan fingerprint density at radius 1 is 1.23 bits per heavy atom. The molecule has 0 saturated carbocycles. The average molecular weight is 424 g/mol. The SMILES string of the molecule is CCn1cc(C(=O)C2CCN(C(=O)CCCC3=Nc4c(ccn4C)C(=O)C3)CC2)cn1. The third-order valence-corrected chi connectivity index (χ3v) is 6.29. The summed E-state index contributed by atoms with van der Waals surface area (Å²) >= 11 is 0. The zero-order valence-electron chi connectivity index (χ0n) is 18.2. The summed E-state index contributed by atoms with van der Waals surface area (Å²) in [6.07, 6.45) is 8.79. The first kappa shape index (κ1) is 21.2. The van der Waals surface area contributed by atoms with Crippen LogP contribution in [0.25, 0.3) is 0 Å². The standard InChI is InChI=1S/C23H29N5O3/c1-3-28-15-17(14-24-28)22(31)16-7-11-27(12-8-16)21(30)6-4-5-18-13-20(29)19-9-10-26(2)23(19)25-18/h9-10,14-16H,3-8,11-13H2,1-2H3. The van der Waals surface area contributed by atoms with E-state index in [1.165, 1.54) is 0 Å². The Balaban J connectivity index is 1.23. The number of likely N-dealkylation sites (tertiary alicyclic amines) is 1. The first-order valence-electron chi connectivity index (χ1n) is 11.1. The minimum Gasteiger partial charge on any atom is -0.343 e. The second-order valence-corrected chi connectivity index (χ2v) is 8.40. The highest BCUT2D eigenvalue weighted by molar-refractivity contribution is 6.15. The van der Waals surface area contributed by atoms with Gasteiger partial charge >= 0.3 is 0 Å². The van der Waals surface area contributed by atoms with E-state index in [2.05, 4.69) is 10.1 Å². The number of aliphatic imine (C=N–C) groups is 1. The van der Waals surface area contributed by atoms with Crippen LogP contribution >= 0.6 is 0 Å². The monoisotopic (exact) mass is 423 g/mol. The molecule has 1 fully saturated rings. The quantitative estimate of drug-likeness (QED) is 0.640. The first-order valence-corrected chi connectivity index (χ1v) is 11.1. The first-order chi connectivity index (χ1) is 15.0. The Labute approximate surface area is 181 Å². The third-order valence-electron chi connectivity index (χ3n) is 6.29. The maximum absolute atomic E-state index is 12.7. The molecule has 0 unspecified atom stereocenters. The second kappa shape index (κ2) is 8.99. The molecule has 2 aliphatic heterocycles. The van der Waals surface area contributed by atoms with Gasteiger partial charge in [0.2, 0.25) is 5.91 Å². The lowest BCUT2D eigenvalue weighted by atomic mass is 9.90. The van der Waals surface area contributed by atoms with Crippen molar-refractivity contribution in [3.05, 3.63) is 35.8 Å². The molecule has 31 heavy (non-hydrogen) atoms. The predicted molar refractivity (Wildman–Crippen MR) is 117 cm³/mol. The number of aryl methyl sites for hydroxylation is 2. The summed E-state index contributed by atoms with van der Waals surface area (Å²) < 4.78 is 3.62. The van der Waals surface area contributed by atoms with Crippen LogP contribution < -0.4 is 0 Å². The number of ketones is 2. The minimum atomic E-state index is -0.0411. The second-order valence-electron chi connectivity index (χ2n) is 8.40. The van der Waals surface area contributed by atoms with Gasteiger partial charge in [-0.25, -0.2) is 4.99 Å². The van der Waals surface area contributed by atoms with Gasteiger partial charge in [0.25, 0.3) is 0 Å². The molecule has 0 aliphatic carbocycles. The van der Waals surface area contributed by atoms with E-state index in [1.807, 2.05) is 35.7 Å². The number of Topliss-reactive ketones (excluding diaryl/α,β-unsaturated/α-hetero) is 2. The number of carbonyl (C=O) groups is 3. The van der Waals surface area contributed by atoms with Crippen molar-refractivity contribution in [2.45, 2.75) is 52.0 Å². The van der Waals surface area contributed by atoms with Crippen LogP contribution in [0.15, 0.2) is 29.6 Å². The molecule has 0 radical (unpaired) electrons. The number of fused-ring (bicyclic) bond motifs is 1.